The van der Waals surface area contributed by atoms with Crippen molar-refractivity contribution in [1.82, 2.24) is 9.88 Å². The van der Waals surface area contributed by atoms with E-state index in [9.17, 15) is 8.42 Å². The van der Waals surface area contributed by atoms with Crippen LogP contribution in [0.4, 0.5) is 0 Å². The second-order valence-electron chi connectivity index (χ2n) is 5.12. The molecule has 0 amide bonds. The van der Waals surface area contributed by atoms with Crippen LogP contribution in [-0.4, -0.2) is 38.2 Å². The van der Waals surface area contributed by atoms with Gasteiger partial charge in [-0.25, -0.2) is 8.42 Å². The van der Waals surface area contributed by atoms with Gasteiger partial charge in [0.2, 0.25) is 0 Å². The Labute approximate surface area is 118 Å². The van der Waals surface area contributed by atoms with Crippen LogP contribution >= 0.6 is 0 Å². The van der Waals surface area contributed by atoms with Crippen molar-refractivity contribution >= 4 is 26.6 Å². The molecule has 0 spiro atoms. The first kappa shape index (κ1) is 13.2. The van der Waals surface area contributed by atoms with Gasteiger partial charge in [-0.1, -0.05) is 18.2 Å². The quantitative estimate of drug-likeness (QED) is 0.928. The van der Waals surface area contributed by atoms with E-state index in [1.54, 1.807) is 6.20 Å². The lowest BCUT2D eigenvalue weighted by Crippen LogP contribution is -2.23. The summed E-state index contributed by atoms with van der Waals surface area (Å²) < 4.78 is 25.9. The van der Waals surface area contributed by atoms with Gasteiger partial charge < -0.3 is 9.88 Å². The molecule has 5 nitrogen and oxygen atoms in total. The lowest BCUT2D eigenvalue weighted by atomic mass is 10.2. The van der Waals surface area contributed by atoms with E-state index in [0.717, 1.165) is 35.4 Å². The molecule has 2 aromatic rings. The summed E-state index contributed by atoms with van der Waals surface area (Å²) >= 11 is 0. The van der Waals surface area contributed by atoms with Crippen LogP contribution in [0, 0.1) is 6.92 Å². The van der Waals surface area contributed by atoms with Crippen molar-refractivity contribution < 1.29 is 8.42 Å². The summed E-state index contributed by atoms with van der Waals surface area (Å²) in [4.78, 5) is 4.76. The normalized spacial score (nSPS) is 15.4. The zero-order valence-electron chi connectivity index (χ0n) is 11.5. The Bertz CT molecular complexity index is 803. The summed E-state index contributed by atoms with van der Waals surface area (Å²) in [5.74, 6) is 0.908. The Morgan fingerprint density at radius 1 is 1.40 bits per heavy atom. The SMILES string of the molecule is Cc1cccc2c(S(C)(=O)=O)cn(CC3=NCCN3)c12. The highest BCUT2D eigenvalue weighted by molar-refractivity contribution is 7.91. The Balaban J connectivity index is 2.21. The van der Waals surface area contributed by atoms with Crippen LogP contribution in [0.25, 0.3) is 10.9 Å². The molecule has 2 heterocycles. The fourth-order valence-electron chi connectivity index (χ4n) is 2.65. The van der Waals surface area contributed by atoms with Crippen molar-refractivity contribution in [2.24, 2.45) is 4.99 Å². The molecule has 0 unspecified atom stereocenters. The van der Waals surface area contributed by atoms with Gasteiger partial charge in [-0.3, -0.25) is 4.99 Å². The summed E-state index contributed by atoms with van der Waals surface area (Å²) in [7, 11) is -3.24. The van der Waals surface area contributed by atoms with Gasteiger partial charge in [0.05, 0.1) is 23.5 Å². The minimum Gasteiger partial charge on any atom is -0.370 e. The predicted molar refractivity (Wildman–Crippen MR) is 80.1 cm³/mol. The standard InChI is InChI=1S/C14H17N3O2S/c1-10-4-3-5-11-12(20(2,18)19)8-17(14(10)11)9-13-15-6-7-16-13/h3-5,8H,6-7,9H2,1-2H3,(H,15,16). The summed E-state index contributed by atoms with van der Waals surface area (Å²) in [6.45, 7) is 4.21. The number of fused-ring (bicyclic) bond motifs is 1. The second-order valence-corrected chi connectivity index (χ2v) is 7.10. The van der Waals surface area contributed by atoms with E-state index in [1.165, 1.54) is 6.26 Å². The fraction of sp³-hybridized carbons (Fsp3) is 0.357. The Kier molecular flexibility index (Phi) is 3.05. The average molecular weight is 291 g/mol. The largest absolute Gasteiger partial charge is 0.370 e. The molecule has 0 saturated heterocycles. The highest BCUT2D eigenvalue weighted by atomic mass is 32.2. The molecule has 1 aromatic carbocycles. The van der Waals surface area contributed by atoms with Gasteiger partial charge in [-0.2, -0.15) is 0 Å². The van der Waals surface area contributed by atoms with Crippen molar-refractivity contribution in [3.8, 4) is 0 Å². The number of aromatic nitrogens is 1. The van der Waals surface area contributed by atoms with Crippen LogP contribution in [0.1, 0.15) is 5.56 Å². The predicted octanol–water partition coefficient (Wildman–Crippen LogP) is 1.35. The molecule has 0 saturated carbocycles. The lowest BCUT2D eigenvalue weighted by molar-refractivity contribution is 0.602. The molecule has 1 aliphatic heterocycles. The third-order valence-corrected chi connectivity index (χ3v) is 4.65. The molecule has 3 rings (SSSR count). The summed E-state index contributed by atoms with van der Waals surface area (Å²) in [5, 5.41) is 4.00. The van der Waals surface area contributed by atoms with E-state index in [1.807, 2.05) is 29.7 Å². The lowest BCUT2D eigenvalue weighted by Gasteiger charge is -2.07. The van der Waals surface area contributed by atoms with Crippen LogP contribution in [0.3, 0.4) is 0 Å². The number of amidine groups is 1. The maximum absolute atomic E-state index is 11.9. The van der Waals surface area contributed by atoms with Crippen LogP contribution < -0.4 is 5.32 Å². The number of rotatable bonds is 3. The Hall–Kier alpha value is -1.82. The van der Waals surface area contributed by atoms with Gasteiger partial charge in [-0.15, -0.1) is 0 Å². The number of aryl methyl sites for hydroxylation is 1. The molecule has 0 radical (unpaired) electrons. The van der Waals surface area contributed by atoms with Crippen LogP contribution in [0.2, 0.25) is 0 Å². The zero-order valence-corrected chi connectivity index (χ0v) is 12.4. The summed E-state index contributed by atoms with van der Waals surface area (Å²) in [6, 6.07) is 5.75. The molecule has 1 aromatic heterocycles. The molecule has 0 atom stereocenters. The second kappa shape index (κ2) is 4.63. The first-order valence-electron chi connectivity index (χ1n) is 6.52. The maximum Gasteiger partial charge on any atom is 0.177 e. The van der Waals surface area contributed by atoms with Gasteiger partial charge in [0.1, 0.15) is 5.84 Å². The number of para-hydroxylation sites is 1. The molecule has 1 aliphatic rings. The van der Waals surface area contributed by atoms with Crippen molar-refractivity contribution in [2.45, 2.75) is 18.4 Å². The monoisotopic (exact) mass is 291 g/mol. The van der Waals surface area contributed by atoms with Crippen LogP contribution in [0.5, 0.6) is 0 Å². The molecule has 20 heavy (non-hydrogen) atoms. The highest BCUT2D eigenvalue weighted by Gasteiger charge is 2.19. The molecule has 6 heteroatoms. The molecule has 0 fully saturated rings. The van der Waals surface area contributed by atoms with Gasteiger partial charge in [0.15, 0.2) is 9.84 Å². The Morgan fingerprint density at radius 2 is 2.20 bits per heavy atom. The molecule has 0 aliphatic carbocycles. The number of benzene rings is 1. The molecule has 106 valence electrons. The van der Waals surface area contributed by atoms with E-state index in [4.69, 9.17) is 0 Å². The fourth-order valence-corrected chi connectivity index (χ4v) is 3.53. The minimum absolute atomic E-state index is 0.384. The topological polar surface area (TPSA) is 63.5 Å². The van der Waals surface area contributed by atoms with Crippen LogP contribution in [-0.2, 0) is 16.4 Å². The van der Waals surface area contributed by atoms with E-state index in [0.29, 0.717) is 11.4 Å². The zero-order chi connectivity index (χ0) is 14.3. The molecular weight excluding hydrogens is 274 g/mol. The van der Waals surface area contributed by atoms with Gasteiger partial charge in [-0.05, 0) is 12.5 Å². The van der Waals surface area contributed by atoms with E-state index in [2.05, 4.69) is 10.3 Å². The van der Waals surface area contributed by atoms with Gasteiger partial charge in [0.25, 0.3) is 0 Å². The van der Waals surface area contributed by atoms with E-state index >= 15 is 0 Å². The smallest absolute Gasteiger partial charge is 0.177 e. The number of nitrogens with zero attached hydrogens (tertiary/aromatic N) is 2. The first-order chi connectivity index (χ1) is 9.47. The Morgan fingerprint density at radius 3 is 2.85 bits per heavy atom. The van der Waals surface area contributed by atoms with E-state index in [-0.39, 0.29) is 0 Å². The van der Waals surface area contributed by atoms with E-state index < -0.39 is 9.84 Å². The number of hydrogen-bond acceptors (Lipinski definition) is 4. The van der Waals surface area contributed by atoms with Crippen molar-refractivity contribution in [3.63, 3.8) is 0 Å². The number of nitrogens with one attached hydrogen (secondary N) is 1. The molecule has 1 N–H and O–H groups in total. The first-order valence-corrected chi connectivity index (χ1v) is 8.41. The van der Waals surface area contributed by atoms with Crippen molar-refractivity contribution in [3.05, 3.63) is 30.0 Å². The number of hydrogen-bond donors (Lipinski definition) is 1. The molecular formula is C14H17N3O2S. The van der Waals surface area contributed by atoms with Crippen molar-refractivity contribution in [2.75, 3.05) is 19.3 Å². The summed E-state index contributed by atoms with van der Waals surface area (Å²) in [5.41, 5.74) is 2.03. The van der Waals surface area contributed by atoms with Gasteiger partial charge >= 0.3 is 0 Å². The third-order valence-electron chi connectivity index (χ3n) is 3.53. The van der Waals surface area contributed by atoms with Crippen molar-refractivity contribution in [1.29, 1.82) is 0 Å². The highest BCUT2D eigenvalue weighted by Crippen LogP contribution is 2.27. The minimum atomic E-state index is -3.24. The molecule has 0 bridgehead atoms. The average Bonchev–Trinajstić information content (AvgIpc) is 2.97. The maximum atomic E-state index is 11.9. The van der Waals surface area contributed by atoms with Gasteiger partial charge in [0, 0.05) is 24.4 Å². The summed E-state index contributed by atoms with van der Waals surface area (Å²) in [6.07, 6.45) is 2.97. The number of sulfone groups is 1. The number of aliphatic imine (C=N–C) groups is 1. The van der Waals surface area contributed by atoms with Crippen LogP contribution in [0.15, 0.2) is 34.3 Å². The third kappa shape index (κ3) is 2.20.